The summed E-state index contributed by atoms with van der Waals surface area (Å²) in [6.45, 7) is 13.3. The van der Waals surface area contributed by atoms with Crippen LogP contribution in [0.25, 0.3) is 11.5 Å². The van der Waals surface area contributed by atoms with E-state index < -0.39 is 11.6 Å². The van der Waals surface area contributed by atoms with Crippen LogP contribution in [0.5, 0.6) is 5.75 Å². The number of nitrogens with zero attached hydrogens (tertiary/aromatic N) is 2. The first-order chi connectivity index (χ1) is 22.4. The molecule has 0 spiro atoms. The molecule has 248 valence electrons. The fourth-order valence-electron chi connectivity index (χ4n) is 5.53. The number of rotatable bonds is 13. The highest BCUT2D eigenvalue weighted by molar-refractivity contribution is 5.95. The Hall–Kier alpha value is -4.92. The monoisotopic (exact) mass is 639 g/mol. The van der Waals surface area contributed by atoms with Crippen molar-refractivity contribution in [1.29, 1.82) is 0 Å². The summed E-state index contributed by atoms with van der Waals surface area (Å²) in [5.41, 5.74) is 6.57. The molecule has 4 rings (SSSR count). The van der Waals surface area contributed by atoms with Gasteiger partial charge in [-0.05, 0) is 108 Å². The molecule has 0 aliphatic carbocycles. The molecule has 1 atom stereocenters. The number of carbonyl (C=O) groups excluding carboxylic acids is 3. The third-order valence-electron chi connectivity index (χ3n) is 7.88. The van der Waals surface area contributed by atoms with Crippen LogP contribution in [-0.4, -0.2) is 46.5 Å². The molecule has 2 amide bonds. The molecular weight excluding hydrogens is 594 g/mol. The van der Waals surface area contributed by atoms with Crippen molar-refractivity contribution in [2.45, 2.75) is 73.3 Å². The van der Waals surface area contributed by atoms with E-state index in [2.05, 4.69) is 5.43 Å². The van der Waals surface area contributed by atoms with E-state index in [9.17, 15) is 14.4 Å². The summed E-state index contributed by atoms with van der Waals surface area (Å²) < 4.78 is 17.4. The molecule has 9 heteroatoms. The number of aromatic nitrogens is 1. The lowest BCUT2D eigenvalue weighted by Gasteiger charge is -2.27. The maximum Gasteiger partial charge on any atom is 0.349 e. The highest BCUT2D eigenvalue weighted by atomic mass is 16.6. The smallest absolute Gasteiger partial charge is 0.349 e. The number of hydrogen-bond donors (Lipinski definition) is 1. The van der Waals surface area contributed by atoms with Gasteiger partial charge in [-0.2, -0.15) is 0 Å². The summed E-state index contributed by atoms with van der Waals surface area (Å²) in [5.74, 6) is 0.707. The maximum absolute atomic E-state index is 13.5. The molecule has 4 aromatic rings. The number of ether oxygens (including phenoxy) is 2. The minimum Gasteiger partial charge on any atom is -0.476 e. The number of amides is 2. The van der Waals surface area contributed by atoms with Crippen LogP contribution in [0.3, 0.4) is 0 Å². The molecule has 3 aromatic carbocycles. The average molecular weight is 640 g/mol. The average Bonchev–Trinajstić information content (AvgIpc) is 3.41. The Morgan fingerprint density at radius 3 is 2.13 bits per heavy atom. The molecule has 0 bridgehead atoms. The highest BCUT2D eigenvalue weighted by Crippen LogP contribution is 2.31. The van der Waals surface area contributed by atoms with E-state index in [0.29, 0.717) is 42.4 Å². The molecule has 9 nitrogen and oxygen atoms in total. The lowest BCUT2D eigenvalue weighted by atomic mass is 9.89. The minimum absolute atomic E-state index is 0.151. The van der Waals surface area contributed by atoms with E-state index in [0.717, 1.165) is 27.9 Å². The van der Waals surface area contributed by atoms with Crippen molar-refractivity contribution in [1.82, 2.24) is 15.4 Å². The molecule has 0 fully saturated rings. The fraction of sp³-hybridized carbons (Fsp3) is 0.368. The van der Waals surface area contributed by atoms with Gasteiger partial charge in [0, 0.05) is 24.1 Å². The molecular formula is C38H45N3O6. The van der Waals surface area contributed by atoms with Crippen LogP contribution in [0.4, 0.5) is 0 Å². The van der Waals surface area contributed by atoms with Gasteiger partial charge in [0.25, 0.3) is 5.91 Å². The molecule has 0 aliphatic heterocycles. The van der Waals surface area contributed by atoms with Gasteiger partial charge in [0.2, 0.25) is 11.8 Å². The molecule has 0 saturated carbocycles. The number of esters is 1. The number of nitrogens with one attached hydrogen (secondary N) is 1. The number of hydrazine groups is 1. The van der Waals surface area contributed by atoms with Gasteiger partial charge in [0.15, 0.2) is 5.60 Å². The van der Waals surface area contributed by atoms with Crippen LogP contribution < -0.4 is 10.2 Å². The number of benzene rings is 3. The molecule has 1 unspecified atom stereocenters. The molecule has 1 N–H and O–H groups in total. The van der Waals surface area contributed by atoms with Gasteiger partial charge in [0.1, 0.15) is 11.5 Å². The first kappa shape index (κ1) is 34.9. The highest BCUT2D eigenvalue weighted by Gasteiger charge is 2.33. The first-order valence-electron chi connectivity index (χ1n) is 16.1. The number of oxazole rings is 1. The van der Waals surface area contributed by atoms with Crippen LogP contribution in [0, 0.1) is 26.7 Å². The fourth-order valence-corrected chi connectivity index (χ4v) is 5.53. The third kappa shape index (κ3) is 9.09. The number of hydrogen-bond acceptors (Lipinski definition) is 7. The standard InChI is InChI=1S/C38H45N3O6/c1-8-41(36(43)31-18-14-11-15-19-31)40-33(42)24-29(23-32-27(5)46-35(39-32)30-16-12-10-13-17-30)22-28-20-25(3)34(26(4)21-28)47-38(6,7)37(44)45-9-2/h10-21,29H,8-9,22-24H2,1-7H3,(H,40,42). The van der Waals surface area contributed by atoms with Crippen molar-refractivity contribution >= 4 is 17.8 Å². The maximum atomic E-state index is 13.5. The minimum atomic E-state index is -1.16. The van der Waals surface area contributed by atoms with Crippen molar-refractivity contribution in [2.24, 2.45) is 5.92 Å². The third-order valence-corrected chi connectivity index (χ3v) is 7.88. The Balaban J connectivity index is 1.58. The normalized spacial score (nSPS) is 11.9. The van der Waals surface area contributed by atoms with Crippen molar-refractivity contribution in [2.75, 3.05) is 13.2 Å². The summed E-state index contributed by atoms with van der Waals surface area (Å²) in [6, 6.07) is 22.6. The Morgan fingerprint density at radius 1 is 0.915 bits per heavy atom. The molecule has 1 heterocycles. The van der Waals surface area contributed by atoms with Gasteiger partial charge in [-0.15, -0.1) is 0 Å². The van der Waals surface area contributed by atoms with Crippen LogP contribution in [0.2, 0.25) is 0 Å². The SMILES string of the molecule is CCOC(=O)C(C)(C)Oc1c(C)cc(CC(CC(=O)NN(CC)C(=O)c2ccccc2)Cc2nc(-c3ccccc3)oc2C)cc1C. The van der Waals surface area contributed by atoms with Gasteiger partial charge in [-0.3, -0.25) is 20.0 Å². The zero-order valence-electron chi connectivity index (χ0n) is 28.4. The largest absolute Gasteiger partial charge is 0.476 e. The van der Waals surface area contributed by atoms with E-state index in [1.54, 1.807) is 45.0 Å². The van der Waals surface area contributed by atoms with E-state index >= 15 is 0 Å². The van der Waals surface area contributed by atoms with Crippen molar-refractivity contribution in [3.8, 4) is 17.2 Å². The molecule has 0 saturated heterocycles. The summed E-state index contributed by atoms with van der Waals surface area (Å²) >= 11 is 0. The topological polar surface area (TPSA) is 111 Å². The predicted molar refractivity (Wildman–Crippen MR) is 181 cm³/mol. The van der Waals surface area contributed by atoms with E-state index in [-0.39, 0.29) is 30.8 Å². The van der Waals surface area contributed by atoms with Crippen LogP contribution in [0.15, 0.2) is 77.2 Å². The van der Waals surface area contributed by atoms with Gasteiger partial charge in [-0.25, -0.2) is 9.78 Å². The van der Waals surface area contributed by atoms with Gasteiger partial charge >= 0.3 is 5.97 Å². The summed E-state index contributed by atoms with van der Waals surface area (Å²) in [7, 11) is 0. The van der Waals surface area contributed by atoms with Crippen LogP contribution in [0.1, 0.15) is 72.6 Å². The zero-order valence-corrected chi connectivity index (χ0v) is 28.4. The second-order valence-corrected chi connectivity index (χ2v) is 12.2. The predicted octanol–water partition coefficient (Wildman–Crippen LogP) is 6.97. The Morgan fingerprint density at radius 2 is 1.53 bits per heavy atom. The van der Waals surface area contributed by atoms with Crippen molar-refractivity contribution < 1.29 is 28.3 Å². The van der Waals surface area contributed by atoms with E-state index in [1.165, 1.54) is 5.01 Å². The van der Waals surface area contributed by atoms with Gasteiger partial charge in [-0.1, -0.05) is 48.5 Å². The lowest BCUT2D eigenvalue weighted by molar-refractivity contribution is -0.158. The molecule has 0 aliphatic rings. The van der Waals surface area contributed by atoms with Crippen molar-refractivity contribution in [3.63, 3.8) is 0 Å². The van der Waals surface area contributed by atoms with E-state index in [1.807, 2.05) is 76.2 Å². The molecule has 47 heavy (non-hydrogen) atoms. The van der Waals surface area contributed by atoms with Crippen LogP contribution in [-0.2, 0) is 27.2 Å². The second-order valence-electron chi connectivity index (χ2n) is 12.2. The molecule has 1 aromatic heterocycles. The second kappa shape index (κ2) is 15.6. The summed E-state index contributed by atoms with van der Waals surface area (Å²) in [6.07, 6.45) is 1.20. The van der Waals surface area contributed by atoms with Crippen molar-refractivity contribution in [3.05, 3.63) is 107 Å². The number of carbonyl (C=O) groups is 3. The quantitative estimate of drug-likeness (QED) is 0.124. The zero-order chi connectivity index (χ0) is 34.1. The Bertz CT molecular complexity index is 1660. The Kier molecular flexibility index (Phi) is 11.6. The molecule has 0 radical (unpaired) electrons. The van der Waals surface area contributed by atoms with Gasteiger partial charge in [0.05, 0.1) is 12.3 Å². The lowest BCUT2D eigenvalue weighted by Crippen LogP contribution is -2.46. The Labute approximate surface area is 277 Å². The first-order valence-corrected chi connectivity index (χ1v) is 16.1. The van der Waals surface area contributed by atoms with E-state index in [4.69, 9.17) is 18.9 Å². The van der Waals surface area contributed by atoms with Gasteiger partial charge < -0.3 is 13.9 Å². The summed E-state index contributed by atoms with van der Waals surface area (Å²) in [4.78, 5) is 43.9. The number of aryl methyl sites for hydroxylation is 3. The van der Waals surface area contributed by atoms with Crippen LogP contribution >= 0.6 is 0 Å². The summed E-state index contributed by atoms with van der Waals surface area (Å²) in [5, 5.41) is 1.34.